The monoisotopic (exact) mass is 588 g/mol. The second-order valence-electron chi connectivity index (χ2n) is 16.8. The van der Waals surface area contributed by atoms with Crippen molar-refractivity contribution in [1.82, 2.24) is 10.6 Å². The van der Waals surface area contributed by atoms with E-state index in [1.807, 2.05) is 0 Å². The van der Waals surface area contributed by atoms with Gasteiger partial charge in [-0.15, -0.1) is 0 Å². The number of fused-ring (bicyclic) bond motifs is 5. The van der Waals surface area contributed by atoms with Crippen LogP contribution in [-0.2, 0) is 0 Å². The topological polar surface area (TPSA) is 70.3 Å². The van der Waals surface area contributed by atoms with Gasteiger partial charge in [0.15, 0.2) is 0 Å². The summed E-state index contributed by atoms with van der Waals surface area (Å²) >= 11 is 0. The summed E-state index contributed by atoms with van der Waals surface area (Å²) in [4.78, 5) is 0. The molecule has 0 spiro atoms. The quantitative estimate of drug-likeness (QED) is 0.122. The molecule has 0 amide bonds. The molecule has 0 aliphatic heterocycles. The Morgan fingerprint density at radius 3 is 2.12 bits per heavy atom. The highest BCUT2D eigenvalue weighted by Crippen LogP contribution is 2.68. The molecule has 0 radical (unpaired) electrons. The fourth-order valence-electron chi connectivity index (χ4n) is 11.3. The molecule has 4 saturated carbocycles. The Kier molecular flexibility index (Phi) is 13.6. The van der Waals surface area contributed by atoms with Gasteiger partial charge in [-0.1, -0.05) is 79.6 Å². The number of unbranched alkanes of at least 4 members (excludes halogenated alkanes) is 5. The first-order valence-corrected chi connectivity index (χ1v) is 19.0. The Hall–Kier alpha value is -0.160. The molecular formula is C38H73N3O. The van der Waals surface area contributed by atoms with Gasteiger partial charge in [0, 0.05) is 6.04 Å². The Morgan fingerprint density at radius 2 is 1.38 bits per heavy atom. The molecule has 4 unspecified atom stereocenters. The fourth-order valence-corrected chi connectivity index (χ4v) is 11.3. The average molecular weight is 588 g/mol. The number of hydrogen-bond acceptors (Lipinski definition) is 4. The molecule has 10 atom stereocenters. The number of nitrogens with one attached hydrogen (secondary N) is 2. The molecule has 0 bridgehead atoms. The van der Waals surface area contributed by atoms with Crippen molar-refractivity contribution >= 4 is 0 Å². The summed E-state index contributed by atoms with van der Waals surface area (Å²) in [5.74, 6) is 6.01. The van der Waals surface area contributed by atoms with E-state index in [4.69, 9.17) is 5.73 Å². The predicted octanol–water partition coefficient (Wildman–Crippen LogP) is 8.32. The lowest BCUT2D eigenvalue weighted by Crippen LogP contribution is -2.61. The first kappa shape index (κ1) is 34.7. The highest BCUT2D eigenvalue weighted by molar-refractivity contribution is 5.12. The van der Waals surface area contributed by atoms with Gasteiger partial charge in [-0.05, 0) is 149 Å². The first-order valence-electron chi connectivity index (χ1n) is 19.0. The van der Waals surface area contributed by atoms with Gasteiger partial charge in [-0.2, -0.15) is 0 Å². The van der Waals surface area contributed by atoms with Crippen molar-refractivity contribution in [2.24, 2.45) is 58.0 Å². The number of nitrogens with two attached hydrogens (primary N) is 1. The van der Waals surface area contributed by atoms with E-state index >= 15 is 0 Å². The maximum atomic E-state index is 10.8. The zero-order valence-corrected chi connectivity index (χ0v) is 28.8. The van der Waals surface area contributed by atoms with E-state index in [-0.39, 0.29) is 6.10 Å². The van der Waals surface area contributed by atoms with E-state index in [1.54, 1.807) is 0 Å². The molecule has 246 valence electrons. The third kappa shape index (κ3) is 8.35. The van der Waals surface area contributed by atoms with Gasteiger partial charge in [0.05, 0.1) is 6.10 Å². The van der Waals surface area contributed by atoms with Crippen LogP contribution in [0.1, 0.15) is 150 Å². The van der Waals surface area contributed by atoms with Gasteiger partial charge >= 0.3 is 0 Å². The summed E-state index contributed by atoms with van der Waals surface area (Å²) in [7, 11) is 0. The smallest absolute Gasteiger partial charge is 0.0543 e. The summed E-state index contributed by atoms with van der Waals surface area (Å²) in [6, 6.07) is 0.607. The number of aliphatic hydroxyl groups is 1. The maximum Gasteiger partial charge on any atom is 0.0543 e. The van der Waals surface area contributed by atoms with E-state index < -0.39 is 0 Å². The lowest BCUT2D eigenvalue weighted by molar-refractivity contribution is -0.141. The van der Waals surface area contributed by atoms with E-state index in [0.29, 0.717) is 22.8 Å². The average Bonchev–Trinajstić information content (AvgIpc) is 3.31. The van der Waals surface area contributed by atoms with Crippen LogP contribution in [0.15, 0.2) is 0 Å². The Balaban J connectivity index is 1.30. The van der Waals surface area contributed by atoms with Crippen LogP contribution < -0.4 is 16.4 Å². The van der Waals surface area contributed by atoms with Crippen molar-refractivity contribution in [3.8, 4) is 0 Å². The van der Waals surface area contributed by atoms with Crippen LogP contribution in [0.3, 0.4) is 0 Å². The van der Waals surface area contributed by atoms with Gasteiger partial charge in [0.2, 0.25) is 0 Å². The molecule has 0 aromatic rings. The minimum absolute atomic E-state index is 0.0786. The van der Waals surface area contributed by atoms with Gasteiger partial charge in [-0.25, -0.2) is 0 Å². The third-order valence-corrected chi connectivity index (χ3v) is 13.6. The van der Waals surface area contributed by atoms with Crippen molar-refractivity contribution < 1.29 is 5.11 Å². The van der Waals surface area contributed by atoms with Crippen LogP contribution in [-0.4, -0.2) is 43.4 Å². The van der Waals surface area contributed by atoms with E-state index in [2.05, 4.69) is 45.3 Å². The Morgan fingerprint density at radius 1 is 0.714 bits per heavy atom. The largest absolute Gasteiger partial charge is 0.393 e. The molecule has 4 nitrogen and oxygen atoms in total. The summed E-state index contributed by atoms with van der Waals surface area (Å²) < 4.78 is 0. The third-order valence-electron chi connectivity index (χ3n) is 13.6. The second-order valence-corrected chi connectivity index (χ2v) is 16.8. The first-order chi connectivity index (χ1) is 20.2. The van der Waals surface area contributed by atoms with Crippen molar-refractivity contribution in [2.75, 3.05) is 26.2 Å². The minimum Gasteiger partial charge on any atom is -0.393 e. The van der Waals surface area contributed by atoms with Gasteiger partial charge in [-0.3, -0.25) is 0 Å². The van der Waals surface area contributed by atoms with Gasteiger partial charge in [0.1, 0.15) is 0 Å². The number of hydrogen-bond donors (Lipinski definition) is 4. The molecule has 4 rings (SSSR count). The fraction of sp³-hybridized carbons (Fsp3) is 1.00. The van der Waals surface area contributed by atoms with Gasteiger partial charge < -0.3 is 21.5 Å². The summed E-state index contributed by atoms with van der Waals surface area (Å²) in [5.41, 5.74) is 6.55. The van der Waals surface area contributed by atoms with Crippen molar-refractivity contribution in [3.05, 3.63) is 0 Å². The number of rotatable bonds is 18. The van der Waals surface area contributed by atoms with Crippen LogP contribution in [0.2, 0.25) is 0 Å². The van der Waals surface area contributed by atoms with Crippen LogP contribution in [0.4, 0.5) is 0 Å². The molecule has 42 heavy (non-hydrogen) atoms. The van der Waals surface area contributed by atoms with Gasteiger partial charge in [0.25, 0.3) is 0 Å². The van der Waals surface area contributed by atoms with Crippen molar-refractivity contribution in [1.29, 1.82) is 0 Å². The summed E-state index contributed by atoms with van der Waals surface area (Å²) in [6.45, 7) is 17.0. The molecule has 4 aliphatic rings. The summed E-state index contributed by atoms with van der Waals surface area (Å²) in [6.07, 6.45) is 23.9. The zero-order chi connectivity index (χ0) is 30.2. The summed E-state index contributed by atoms with van der Waals surface area (Å²) in [5, 5.41) is 18.5. The zero-order valence-electron chi connectivity index (χ0n) is 28.8. The lowest BCUT2D eigenvalue weighted by Gasteiger charge is -2.63. The lowest BCUT2D eigenvalue weighted by atomic mass is 9.43. The van der Waals surface area contributed by atoms with Crippen molar-refractivity contribution in [3.63, 3.8) is 0 Å². The van der Waals surface area contributed by atoms with Crippen LogP contribution >= 0.6 is 0 Å². The van der Waals surface area contributed by atoms with E-state index in [0.717, 1.165) is 74.4 Å². The molecule has 0 aromatic heterocycles. The van der Waals surface area contributed by atoms with E-state index in [1.165, 1.54) is 103 Å². The van der Waals surface area contributed by atoms with Crippen LogP contribution in [0.25, 0.3) is 0 Å². The molecule has 0 saturated heterocycles. The van der Waals surface area contributed by atoms with E-state index in [9.17, 15) is 5.11 Å². The predicted molar refractivity (Wildman–Crippen MR) is 180 cm³/mol. The number of aliphatic hydroxyl groups excluding tert-OH is 1. The Labute approximate surface area is 261 Å². The molecular weight excluding hydrogens is 514 g/mol. The highest BCUT2D eigenvalue weighted by Gasteiger charge is 2.62. The minimum atomic E-state index is -0.0786. The second kappa shape index (κ2) is 16.4. The Bertz CT molecular complexity index is 773. The molecule has 0 heterocycles. The molecule has 0 aromatic carbocycles. The molecule has 4 fully saturated rings. The van der Waals surface area contributed by atoms with Crippen molar-refractivity contribution in [2.45, 2.75) is 162 Å². The normalized spacial score (nSPS) is 38.7. The standard InChI is InChI=1S/C38H73N3O/c1-28(2)14-12-15-29(3)32-16-17-33-31-27-36(41-25-11-9-7-6-8-10-23-40-24-13-22-39)35-26-30(42)18-20-38(35,5)34(31)19-21-37(32,33)4/h28-36,40-42H,6-27,39H2,1-5H3/t29-,30+,31?,32-,33?,34?,35?,36-,37-,38-/m1/s1. The molecule has 5 N–H and O–H groups in total. The molecule has 4 aliphatic carbocycles. The molecule has 4 heteroatoms. The van der Waals surface area contributed by atoms with Crippen LogP contribution in [0, 0.1) is 52.3 Å². The SMILES string of the molecule is CC(C)CCC[C@@H](C)[C@H]1CCC2C3C[C@@H](NCCCCCCCCNCCCN)C4C[C@@H](O)CC[C@]4(C)C3CC[C@@]21C. The highest BCUT2D eigenvalue weighted by atomic mass is 16.3. The maximum absolute atomic E-state index is 10.8. The van der Waals surface area contributed by atoms with Crippen LogP contribution in [0.5, 0.6) is 0 Å².